The second-order valence-corrected chi connectivity index (χ2v) is 7.78. The monoisotopic (exact) mass is 403 g/mol. The average molecular weight is 403 g/mol. The standard InChI is InChI=1S/C22H21N5O3/c1-3-27-19-18(21(29)26-22(27)30)15(10-17(25-19)12-4-5-12)20(28)24-14-6-7-16-13(9-14)8-11(2)23-16/h6-10,12,23H,3-5H2,1-2H3,(H,24,28)(H,26,29,30). The predicted molar refractivity (Wildman–Crippen MR) is 115 cm³/mol. The molecule has 0 spiro atoms. The van der Waals surface area contributed by atoms with Crippen LogP contribution in [0.15, 0.2) is 39.9 Å². The largest absolute Gasteiger partial charge is 0.359 e. The first kappa shape index (κ1) is 18.4. The van der Waals surface area contributed by atoms with Crippen LogP contribution in [0.2, 0.25) is 0 Å². The summed E-state index contributed by atoms with van der Waals surface area (Å²) < 4.78 is 1.40. The highest BCUT2D eigenvalue weighted by molar-refractivity contribution is 6.12. The first-order valence-corrected chi connectivity index (χ1v) is 10.0. The number of carbonyl (C=O) groups is 1. The van der Waals surface area contributed by atoms with Crippen molar-refractivity contribution in [3.05, 3.63) is 68.1 Å². The highest BCUT2D eigenvalue weighted by Gasteiger charge is 2.28. The van der Waals surface area contributed by atoms with E-state index in [0.717, 1.165) is 35.1 Å². The molecule has 3 heterocycles. The number of rotatable bonds is 4. The van der Waals surface area contributed by atoms with Gasteiger partial charge < -0.3 is 10.3 Å². The summed E-state index contributed by atoms with van der Waals surface area (Å²) in [6.45, 7) is 4.12. The summed E-state index contributed by atoms with van der Waals surface area (Å²) >= 11 is 0. The van der Waals surface area contributed by atoms with Crippen molar-refractivity contribution in [2.75, 3.05) is 5.32 Å². The zero-order chi connectivity index (χ0) is 21.0. The molecule has 152 valence electrons. The van der Waals surface area contributed by atoms with Crippen LogP contribution in [0.4, 0.5) is 5.69 Å². The van der Waals surface area contributed by atoms with E-state index in [0.29, 0.717) is 12.2 Å². The molecule has 0 aliphatic heterocycles. The Labute approximate surface area is 171 Å². The van der Waals surface area contributed by atoms with Gasteiger partial charge in [0.25, 0.3) is 11.5 Å². The molecule has 1 fully saturated rings. The molecular formula is C22H21N5O3. The molecule has 30 heavy (non-hydrogen) atoms. The number of aryl methyl sites for hydroxylation is 2. The Morgan fingerprint density at radius 3 is 2.73 bits per heavy atom. The number of nitrogens with zero attached hydrogens (tertiary/aromatic N) is 2. The molecule has 1 aromatic carbocycles. The lowest BCUT2D eigenvalue weighted by molar-refractivity contribution is 0.102. The lowest BCUT2D eigenvalue weighted by atomic mass is 10.1. The van der Waals surface area contributed by atoms with Crippen LogP contribution < -0.4 is 16.6 Å². The molecule has 0 radical (unpaired) electrons. The first-order valence-electron chi connectivity index (χ1n) is 10.0. The number of hydrogen-bond donors (Lipinski definition) is 3. The SMILES string of the molecule is CCn1c(=O)[nH]c(=O)c2c(C(=O)Nc3ccc4[nH]c(C)cc4c3)cc(C3CC3)nc21. The maximum atomic E-state index is 13.2. The number of nitrogens with one attached hydrogen (secondary N) is 3. The van der Waals surface area contributed by atoms with Gasteiger partial charge in [-0.15, -0.1) is 0 Å². The van der Waals surface area contributed by atoms with E-state index in [1.807, 2.05) is 31.2 Å². The van der Waals surface area contributed by atoms with Crippen molar-refractivity contribution in [2.24, 2.45) is 0 Å². The van der Waals surface area contributed by atoms with Crippen LogP contribution in [-0.2, 0) is 6.54 Å². The van der Waals surface area contributed by atoms with E-state index < -0.39 is 17.2 Å². The summed E-state index contributed by atoms with van der Waals surface area (Å²) in [7, 11) is 0. The van der Waals surface area contributed by atoms with Crippen molar-refractivity contribution in [1.29, 1.82) is 0 Å². The third kappa shape index (κ3) is 3.01. The summed E-state index contributed by atoms with van der Waals surface area (Å²) in [6, 6.07) is 9.29. The molecule has 3 N–H and O–H groups in total. The second-order valence-electron chi connectivity index (χ2n) is 7.78. The van der Waals surface area contributed by atoms with Gasteiger partial charge in [0.05, 0.1) is 10.9 Å². The first-order chi connectivity index (χ1) is 14.4. The number of anilines is 1. The maximum absolute atomic E-state index is 13.2. The number of aromatic nitrogens is 4. The lowest BCUT2D eigenvalue weighted by Crippen LogP contribution is -2.32. The Hall–Kier alpha value is -3.68. The second kappa shape index (κ2) is 6.69. The summed E-state index contributed by atoms with van der Waals surface area (Å²) in [4.78, 5) is 48.2. The molecule has 0 atom stereocenters. The zero-order valence-electron chi connectivity index (χ0n) is 16.7. The summed E-state index contributed by atoms with van der Waals surface area (Å²) in [6.07, 6.45) is 1.98. The van der Waals surface area contributed by atoms with Crippen molar-refractivity contribution < 1.29 is 4.79 Å². The van der Waals surface area contributed by atoms with Crippen LogP contribution in [0.5, 0.6) is 0 Å². The fourth-order valence-electron chi connectivity index (χ4n) is 3.91. The van der Waals surface area contributed by atoms with Gasteiger partial charge in [-0.05, 0) is 57.0 Å². The number of hydrogen-bond acceptors (Lipinski definition) is 4. The van der Waals surface area contributed by atoms with Crippen LogP contribution in [0.3, 0.4) is 0 Å². The minimum Gasteiger partial charge on any atom is -0.359 e. The Morgan fingerprint density at radius 1 is 1.20 bits per heavy atom. The van der Waals surface area contributed by atoms with Crippen molar-refractivity contribution in [3.8, 4) is 0 Å². The topological polar surface area (TPSA) is 113 Å². The molecule has 0 bridgehead atoms. The van der Waals surface area contributed by atoms with Crippen LogP contribution in [0.1, 0.15) is 47.4 Å². The van der Waals surface area contributed by atoms with E-state index in [2.05, 4.69) is 20.3 Å². The Bertz CT molecular complexity index is 1440. The summed E-state index contributed by atoms with van der Waals surface area (Å²) in [5.74, 6) is -0.137. The molecule has 4 aromatic rings. The number of carbonyl (C=O) groups excluding carboxylic acids is 1. The third-order valence-electron chi connectivity index (χ3n) is 5.54. The molecule has 0 saturated heterocycles. The molecular weight excluding hydrogens is 382 g/mol. The normalized spacial score (nSPS) is 13.8. The van der Waals surface area contributed by atoms with Gasteiger partial charge in [-0.25, -0.2) is 9.78 Å². The molecule has 5 rings (SSSR count). The number of pyridine rings is 1. The van der Waals surface area contributed by atoms with E-state index in [1.165, 1.54) is 4.57 Å². The van der Waals surface area contributed by atoms with Crippen LogP contribution in [-0.4, -0.2) is 25.4 Å². The van der Waals surface area contributed by atoms with Gasteiger partial charge in [0.2, 0.25) is 0 Å². The maximum Gasteiger partial charge on any atom is 0.329 e. The van der Waals surface area contributed by atoms with E-state index in [9.17, 15) is 14.4 Å². The number of fused-ring (bicyclic) bond motifs is 2. The Morgan fingerprint density at radius 2 is 2.00 bits per heavy atom. The number of aromatic amines is 2. The van der Waals surface area contributed by atoms with Crippen molar-refractivity contribution in [2.45, 2.75) is 39.2 Å². The molecule has 1 saturated carbocycles. The minimum absolute atomic E-state index is 0.136. The summed E-state index contributed by atoms with van der Waals surface area (Å²) in [5, 5.41) is 4.02. The van der Waals surface area contributed by atoms with Crippen molar-refractivity contribution in [3.63, 3.8) is 0 Å². The molecule has 1 amide bonds. The lowest BCUT2D eigenvalue weighted by Gasteiger charge is -2.12. The summed E-state index contributed by atoms with van der Waals surface area (Å²) in [5.41, 5.74) is 2.77. The molecule has 8 nitrogen and oxygen atoms in total. The Balaban J connectivity index is 1.65. The van der Waals surface area contributed by atoms with Crippen LogP contribution in [0, 0.1) is 6.92 Å². The van der Waals surface area contributed by atoms with E-state index in [4.69, 9.17) is 0 Å². The van der Waals surface area contributed by atoms with Crippen LogP contribution >= 0.6 is 0 Å². The molecule has 0 unspecified atom stereocenters. The predicted octanol–water partition coefficient (Wildman–Crippen LogP) is 3.02. The Kier molecular flexibility index (Phi) is 4.09. The smallest absolute Gasteiger partial charge is 0.329 e. The minimum atomic E-state index is -0.601. The van der Waals surface area contributed by atoms with E-state index in [-0.39, 0.29) is 22.5 Å². The zero-order valence-corrected chi connectivity index (χ0v) is 16.7. The molecule has 1 aliphatic rings. The average Bonchev–Trinajstić information content (AvgIpc) is 3.48. The van der Waals surface area contributed by atoms with Gasteiger partial charge in [-0.2, -0.15) is 0 Å². The van der Waals surface area contributed by atoms with Gasteiger partial charge >= 0.3 is 5.69 Å². The van der Waals surface area contributed by atoms with Gasteiger partial charge in [-0.3, -0.25) is 19.1 Å². The number of H-pyrrole nitrogens is 2. The molecule has 8 heteroatoms. The number of benzene rings is 1. The van der Waals surface area contributed by atoms with Crippen LogP contribution in [0.25, 0.3) is 21.9 Å². The highest BCUT2D eigenvalue weighted by Crippen LogP contribution is 2.40. The van der Waals surface area contributed by atoms with Crippen molar-refractivity contribution >= 4 is 33.5 Å². The fraction of sp³-hybridized carbons (Fsp3) is 0.273. The molecule has 1 aliphatic carbocycles. The quantitative estimate of drug-likeness (QED) is 0.486. The molecule has 3 aromatic heterocycles. The highest BCUT2D eigenvalue weighted by atomic mass is 16.2. The number of amides is 1. The van der Waals surface area contributed by atoms with Gasteiger partial charge in [0.1, 0.15) is 0 Å². The van der Waals surface area contributed by atoms with Gasteiger partial charge in [0.15, 0.2) is 5.65 Å². The van der Waals surface area contributed by atoms with Crippen molar-refractivity contribution in [1.82, 2.24) is 19.5 Å². The van der Waals surface area contributed by atoms with Gasteiger partial charge in [-0.1, -0.05) is 0 Å². The third-order valence-corrected chi connectivity index (χ3v) is 5.54. The van der Waals surface area contributed by atoms with Gasteiger partial charge in [0, 0.05) is 40.4 Å². The fourth-order valence-corrected chi connectivity index (χ4v) is 3.91. The van der Waals surface area contributed by atoms with E-state index in [1.54, 1.807) is 13.0 Å². The van der Waals surface area contributed by atoms with E-state index >= 15 is 0 Å².